The first kappa shape index (κ1) is 20.1. The maximum Gasteiger partial charge on any atom is 0.255 e. The number of rotatable bonds is 8. The Labute approximate surface area is 179 Å². The summed E-state index contributed by atoms with van der Waals surface area (Å²) in [5, 5.41) is 10.3. The third kappa shape index (κ3) is 5.24. The number of nitrogens with zero attached hydrogens (tertiary/aromatic N) is 4. The molecule has 2 heterocycles. The lowest BCUT2D eigenvalue weighted by molar-refractivity contribution is 0.0953. The van der Waals surface area contributed by atoms with E-state index in [2.05, 4.69) is 25.7 Å². The van der Waals surface area contributed by atoms with Crippen molar-refractivity contribution in [1.82, 2.24) is 25.1 Å². The van der Waals surface area contributed by atoms with Crippen LogP contribution in [-0.4, -0.2) is 38.7 Å². The number of hydrogen-bond acceptors (Lipinski definition) is 6. The Morgan fingerprint density at radius 3 is 2.61 bits per heavy atom. The van der Waals surface area contributed by atoms with Crippen LogP contribution in [0, 0.1) is 6.92 Å². The van der Waals surface area contributed by atoms with Crippen molar-refractivity contribution in [3.05, 3.63) is 90.5 Å². The molecule has 31 heavy (non-hydrogen) atoms. The highest BCUT2D eigenvalue weighted by Gasteiger charge is 2.12. The molecule has 1 amide bonds. The van der Waals surface area contributed by atoms with Gasteiger partial charge in [-0.15, -0.1) is 0 Å². The van der Waals surface area contributed by atoms with Gasteiger partial charge in [-0.05, 0) is 37.3 Å². The number of anilines is 1. The van der Waals surface area contributed by atoms with E-state index in [9.17, 15) is 4.79 Å². The average molecular weight is 414 g/mol. The molecule has 0 aliphatic heterocycles. The molecule has 0 bridgehead atoms. The molecule has 0 saturated carbocycles. The van der Waals surface area contributed by atoms with E-state index in [4.69, 9.17) is 4.74 Å². The Morgan fingerprint density at radius 2 is 1.81 bits per heavy atom. The van der Waals surface area contributed by atoms with E-state index in [1.165, 1.54) is 0 Å². The highest BCUT2D eigenvalue weighted by atomic mass is 16.5. The van der Waals surface area contributed by atoms with E-state index < -0.39 is 0 Å². The second-order valence-corrected chi connectivity index (χ2v) is 6.70. The summed E-state index contributed by atoms with van der Waals surface area (Å²) in [6.45, 7) is 2.74. The van der Waals surface area contributed by atoms with Gasteiger partial charge < -0.3 is 15.4 Å². The summed E-state index contributed by atoms with van der Waals surface area (Å²) in [7, 11) is 0. The van der Waals surface area contributed by atoms with Crippen molar-refractivity contribution in [3.63, 3.8) is 0 Å². The maximum atomic E-state index is 12.7. The van der Waals surface area contributed by atoms with E-state index in [1.807, 2.05) is 67.7 Å². The molecule has 0 spiro atoms. The lowest BCUT2D eigenvalue weighted by atomic mass is 10.2. The van der Waals surface area contributed by atoms with Gasteiger partial charge in [0, 0.05) is 31.5 Å². The summed E-state index contributed by atoms with van der Waals surface area (Å²) in [5.74, 6) is 2.96. The van der Waals surface area contributed by atoms with E-state index in [1.54, 1.807) is 23.0 Å². The van der Waals surface area contributed by atoms with Gasteiger partial charge >= 0.3 is 0 Å². The van der Waals surface area contributed by atoms with Crippen LogP contribution in [0.4, 0.5) is 5.82 Å². The molecule has 8 nitrogen and oxygen atoms in total. The number of hydrogen-bond donors (Lipinski definition) is 2. The molecule has 0 aliphatic carbocycles. The summed E-state index contributed by atoms with van der Waals surface area (Å²) in [5.41, 5.74) is 0.477. The van der Waals surface area contributed by atoms with Crippen LogP contribution in [0.3, 0.4) is 0 Å². The maximum absolute atomic E-state index is 12.7. The summed E-state index contributed by atoms with van der Waals surface area (Å²) in [6.07, 6.45) is 3.51. The molecular weight excluding hydrogens is 392 g/mol. The monoisotopic (exact) mass is 414 g/mol. The van der Waals surface area contributed by atoms with Crippen LogP contribution >= 0.6 is 0 Å². The fraction of sp³-hybridized carbons (Fsp3) is 0.130. The average Bonchev–Trinajstić information content (AvgIpc) is 3.32. The normalized spacial score (nSPS) is 10.5. The Hall–Kier alpha value is -4.20. The van der Waals surface area contributed by atoms with Gasteiger partial charge in [-0.25, -0.2) is 14.6 Å². The topological polar surface area (TPSA) is 94.0 Å². The molecule has 0 atom stereocenters. The number of carbonyl (C=O) groups excluding carboxylic acids is 1. The molecule has 4 rings (SSSR count). The molecule has 0 radical (unpaired) electrons. The van der Waals surface area contributed by atoms with E-state index in [-0.39, 0.29) is 5.91 Å². The Bertz CT molecular complexity index is 1150. The summed E-state index contributed by atoms with van der Waals surface area (Å²) in [4.78, 5) is 21.4. The quantitative estimate of drug-likeness (QED) is 0.428. The number of amides is 1. The number of ether oxygens (including phenoxy) is 1. The predicted molar refractivity (Wildman–Crippen MR) is 118 cm³/mol. The SMILES string of the molecule is Cc1nc(NCCNC(=O)c2ccccc2Oc2ccccc2)cc(-n2cccn2)n1. The standard InChI is InChI=1S/C23H22N6O2/c1-17-27-21(16-22(28-17)29-15-7-12-26-29)24-13-14-25-23(30)19-10-5-6-11-20(19)31-18-8-3-2-4-9-18/h2-12,15-16H,13-14H2,1H3,(H,25,30)(H,24,27,28). The third-order valence-corrected chi connectivity index (χ3v) is 4.38. The lowest BCUT2D eigenvalue weighted by Gasteiger charge is -2.12. The third-order valence-electron chi connectivity index (χ3n) is 4.38. The van der Waals surface area contributed by atoms with Crippen molar-refractivity contribution in [1.29, 1.82) is 0 Å². The molecule has 4 aromatic rings. The second-order valence-electron chi connectivity index (χ2n) is 6.70. The van der Waals surface area contributed by atoms with E-state index in [0.29, 0.717) is 47.6 Å². The van der Waals surface area contributed by atoms with Gasteiger partial charge in [-0.2, -0.15) is 5.10 Å². The molecule has 0 fully saturated rings. The van der Waals surface area contributed by atoms with Gasteiger partial charge in [0.05, 0.1) is 5.56 Å². The molecule has 0 saturated heterocycles. The van der Waals surface area contributed by atoms with Gasteiger partial charge in [0.25, 0.3) is 5.91 Å². The van der Waals surface area contributed by atoms with Crippen LogP contribution in [-0.2, 0) is 0 Å². The molecular formula is C23H22N6O2. The smallest absolute Gasteiger partial charge is 0.255 e. The molecule has 2 aromatic carbocycles. The molecule has 156 valence electrons. The zero-order valence-electron chi connectivity index (χ0n) is 17.0. The summed E-state index contributed by atoms with van der Waals surface area (Å²) >= 11 is 0. The fourth-order valence-corrected chi connectivity index (χ4v) is 2.98. The van der Waals surface area contributed by atoms with E-state index >= 15 is 0 Å². The van der Waals surface area contributed by atoms with Gasteiger partial charge in [0.1, 0.15) is 23.1 Å². The van der Waals surface area contributed by atoms with Gasteiger partial charge in [-0.1, -0.05) is 30.3 Å². The number of aromatic nitrogens is 4. The predicted octanol–water partition coefficient (Wildman–Crippen LogP) is 3.60. The van der Waals surface area contributed by atoms with Crippen LogP contribution in [0.2, 0.25) is 0 Å². The number of carbonyl (C=O) groups is 1. The molecule has 2 aromatic heterocycles. The first-order valence-corrected chi connectivity index (χ1v) is 9.89. The first-order chi connectivity index (χ1) is 15.2. The minimum atomic E-state index is -0.204. The van der Waals surface area contributed by atoms with Crippen LogP contribution in [0.25, 0.3) is 5.82 Å². The molecule has 0 unspecified atom stereocenters. The lowest BCUT2D eigenvalue weighted by Crippen LogP contribution is -2.29. The largest absolute Gasteiger partial charge is 0.457 e. The summed E-state index contributed by atoms with van der Waals surface area (Å²) in [6, 6.07) is 20.2. The van der Waals surface area contributed by atoms with Gasteiger partial charge in [-0.3, -0.25) is 4.79 Å². The highest BCUT2D eigenvalue weighted by Crippen LogP contribution is 2.24. The minimum absolute atomic E-state index is 0.204. The van der Waals surface area contributed by atoms with Crippen LogP contribution in [0.5, 0.6) is 11.5 Å². The van der Waals surface area contributed by atoms with Gasteiger partial charge in [0.15, 0.2) is 5.82 Å². The Balaban J connectivity index is 1.34. The highest BCUT2D eigenvalue weighted by molar-refractivity contribution is 5.97. The van der Waals surface area contributed by atoms with Crippen molar-refractivity contribution in [2.45, 2.75) is 6.92 Å². The van der Waals surface area contributed by atoms with Gasteiger partial charge in [0.2, 0.25) is 0 Å². The van der Waals surface area contributed by atoms with Crippen LogP contribution in [0.1, 0.15) is 16.2 Å². The zero-order chi connectivity index (χ0) is 21.5. The number of nitrogens with one attached hydrogen (secondary N) is 2. The number of aryl methyl sites for hydroxylation is 1. The second kappa shape index (κ2) is 9.53. The van der Waals surface area contributed by atoms with Crippen LogP contribution < -0.4 is 15.4 Å². The Kier molecular flexibility index (Phi) is 6.18. The van der Waals surface area contributed by atoms with Crippen molar-refractivity contribution >= 4 is 11.7 Å². The van der Waals surface area contributed by atoms with Crippen molar-refractivity contribution in [2.75, 3.05) is 18.4 Å². The zero-order valence-corrected chi connectivity index (χ0v) is 17.0. The molecule has 0 aliphatic rings. The summed E-state index contributed by atoms with van der Waals surface area (Å²) < 4.78 is 7.54. The Morgan fingerprint density at radius 1 is 1.00 bits per heavy atom. The van der Waals surface area contributed by atoms with Crippen molar-refractivity contribution < 1.29 is 9.53 Å². The molecule has 8 heteroatoms. The van der Waals surface area contributed by atoms with E-state index in [0.717, 1.165) is 0 Å². The number of benzene rings is 2. The number of para-hydroxylation sites is 2. The van der Waals surface area contributed by atoms with Crippen molar-refractivity contribution in [3.8, 4) is 17.3 Å². The fourth-order valence-electron chi connectivity index (χ4n) is 2.98. The van der Waals surface area contributed by atoms with Crippen LogP contribution in [0.15, 0.2) is 79.1 Å². The minimum Gasteiger partial charge on any atom is -0.457 e. The first-order valence-electron chi connectivity index (χ1n) is 9.89. The molecule has 2 N–H and O–H groups in total. The van der Waals surface area contributed by atoms with Crippen molar-refractivity contribution in [2.24, 2.45) is 0 Å².